The van der Waals surface area contributed by atoms with Crippen LogP contribution in [0.4, 0.5) is 0 Å². The molecule has 1 aromatic heterocycles. The highest BCUT2D eigenvalue weighted by atomic mass is 16.5. The third-order valence-corrected chi connectivity index (χ3v) is 5.42. The van der Waals surface area contributed by atoms with E-state index in [4.69, 9.17) is 14.2 Å². The largest absolute Gasteiger partial charge is 0.493 e. The molecule has 0 radical (unpaired) electrons. The third kappa shape index (κ3) is 3.73. The fourth-order valence-corrected chi connectivity index (χ4v) is 3.93. The molecule has 0 bridgehead atoms. The van der Waals surface area contributed by atoms with Crippen LogP contribution in [0.5, 0.6) is 17.2 Å². The number of nitrogens with one attached hydrogen (secondary N) is 1. The molecule has 0 aliphatic rings. The van der Waals surface area contributed by atoms with Gasteiger partial charge in [0, 0.05) is 33.9 Å². The molecule has 0 saturated heterocycles. The topological polar surface area (TPSA) is 74.1 Å². The molecule has 3 aromatic carbocycles. The average molecular weight is 431 g/mol. The summed E-state index contributed by atoms with van der Waals surface area (Å²) < 4.78 is 18.2. The van der Waals surface area contributed by atoms with Gasteiger partial charge in [0.1, 0.15) is 0 Å². The van der Waals surface area contributed by atoms with Gasteiger partial charge in [0.05, 0.1) is 27.5 Å². The maximum Gasteiger partial charge on any atom is 0.271 e. The number of carbonyl (C=O) groups is 1. The van der Waals surface area contributed by atoms with Crippen molar-refractivity contribution in [3.05, 3.63) is 65.7 Å². The molecule has 0 aliphatic heterocycles. The predicted molar refractivity (Wildman–Crippen MR) is 126 cm³/mol. The Balaban J connectivity index is 1.59. The lowest BCUT2D eigenvalue weighted by Gasteiger charge is -2.13. The number of aryl methyl sites for hydroxylation is 1. The molecule has 7 nitrogen and oxygen atoms in total. The third-order valence-electron chi connectivity index (χ3n) is 5.42. The van der Waals surface area contributed by atoms with Crippen LogP contribution in [-0.4, -0.2) is 38.0 Å². The van der Waals surface area contributed by atoms with Gasteiger partial charge in [0.25, 0.3) is 5.91 Å². The molecular formula is C25H25N3O4. The first-order chi connectivity index (χ1) is 15.6. The van der Waals surface area contributed by atoms with Gasteiger partial charge < -0.3 is 18.8 Å². The average Bonchev–Trinajstić information content (AvgIpc) is 3.15. The SMILES string of the molecule is CCn1c2ccccc2c2cc(/C=N\NC(=O)c3cc(OC)c(OC)c(OC)c3)ccc21. The Morgan fingerprint density at radius 1 is 0.938 bits per heavy atom. The number of fused-ring (bicyclic) bond motifs is 3. The van der Waals surface area contributed by atoms with E-state index in [-0.39, 0.29) is 5.91 Å². The highest BCUT2D eigenvalue weighted by molar-refractivity contribution is 6.09. The lowest BCUT2D eigenvalue weighted by molar-refractivity contribution is 0.0954. The number of methoxy groups -OCH3 is 3. The van der Waals surface area contributed by atoms with Crippen molar-refractivity contribution < 1.29 is 19.0 Å². The van der Waals surface area contributed by atoms with Gasteiger partial charge in [0.15, 0.2) is 11.5 Å². The second kappa shape index (κ2) is 9.01. The lowest BCUT2D eigenvalue weighted by atomic mass is 10.1. The van der Waals surface area contributed by atoms with E-state index < -0.39 is 0 Å². The van der Waals surface area contributed by atoms with Crippen LogP contribution < -0.4 is 19.6 Å². The molecule has 0 aliphatic carbocycles. The minimum atomic E-state index is -0.385. The maximum atomic E-state index is 12.6. The summed E-state index contributed by atoms with van der Waals surface area (Å²) in [5.41, 5.74) is 6.18. The van der Waals surface area contributed by atoms with Crippen molar-refractivity contribution in [2.24, 2.45) is 5.10 Å². The van der Waals surface area contributed by atoms with Gasteiger partial charge in [-0.3, -0.25) is 4.79 Å². The first-order valence-corrected chi connectivity index (χ1v) is 10.3. The van der Waals surface area contributed by atoms with Crippen LogP contribution in [-0.2, 0) is 6.54 Å². The monoisotopic (exact) mass is 431 g/mol. The number of hydrogen-bond donors (Lipinski definition) is 1. The number of hydrazone groups is 1. The second-order valence-corrected chi connectivity index (χ2v) is 7.15. The summed E-state index contributed by atoms with van der Waals surface area (Å²) in [7, 11) is 4.52. The lowest BCUT2D eigenvalue weighted by Crippen LogP contribution is -2.18. The van der Waals surface area contributed by atoms with Gasteiger partial charge in [-0.05, 0) is 42.8 Å². The highest BCUT2D eigenvalue weighted by Crippen LogP contribution is 2.38. The van der Waals surface area contributed by atoms with E-state index in [1.165, 1.54) is 37.7 Å². The predicted octanol–water partition coefficient (Wildman–Crippen LogP) is 4.60. The summed E-state index contributed by atoms with van der Waals surface area (Å²) >= 11 is 0. The molecular weight excluding hydrogens is 406 g/mol. The van der Waals surface area contributed by atoms with E-state index in [2.05, 4.69) is 52.3 Å². The van der Waals surface area contributed by atoms with Crippen molar-refractivity contribution in [1.29, 1.82) is 0 Å². The van der Waals surface area contributed by atoms with Crippen LogP contribution in [0.3, 0.4) is 0 Å². The first-order valence-electron chi connectivity index (χ1n) is 10.3. The van der Waals surface area contributed by atoms with Crippen LogP contribution in [0.15, 0.2) is 59.7 Å². The minimum absolute atomic E-state index is 0.345. The molecule has 4 rings (SSSR count). The van der Waals surface area contributed by atoms with Crippen LogP contribution in [0.2, 0.25) is 0 Å². The Labute approximate surface area is 186 Å². The Hall–Kier alpha value is -4.00. The van der Waals surface area contributed by atoms with Gasteiger partial charge in [-0.1, -0.05) is 24.3 Å². The zero-order chi connectivity index (χ0) is 22.7. The Morgan fingerprint density at radius 3 is 2.28 bits per heavy atom. The van der Waals surface area contributed by atoms with Gasteiger partial charge in [-0.25, -0.2) is 5.43 Å². The quantitative estimate of drug-likeness (QED) is 0.343. The summed E-state index contributed by atoms with van der Waals surface area (Å²) in [4.78, 5) is 12.6. The Kier molecular flexibility index (Phi) is 5.98. The summed E-state index contributed by atoms with van der Waals surface area (Å²) in [6.45, 7) is 3.03. The number of hydrogen-bond acceptors (Lipinski definition) is 5. The van der Waals surface area contributed by atoms with E-state index >= 15 is 0 Å². The molecule has 7 heteroatoms. The van der Waals surface area contributed by atoms with Crippen LogP contribution >= 0.6 is 0 Å². The fourth-order valence-electron chi connectivity index (χ4n) is 3.93. The molecule has 0 saturated carbocycles. The highest BCUT2D eigenvalue weighted by Gasteiger charge is 2.16. The number of ether oxygens (including phenoxy) is 3. The Morgan fingerprint density at radius 2 is 1.62 bits per heavy atom. The van der Waals surface area contributed by atoms with E-state index in [0.717, 1.165) is 17.5 Å². The van der Waals surface area contributed by atoms with Gasteiger partial charge >= 0.3 is 0 Å². The molecule has 164 valence electrons. The van der Waals surface area contributed by atoms with Gasteiger partial charge in [0.2, 0.25) is 5.75 Å². The molecule has 1 amide bonds. The summed E-state index contributed by atoms with van der Waals surface area (Å²) in [5, 5.41) is 6.49. The first kappa shape index (κ1) is 21.2. The molecule has 0 fully saturated rings. The van der Waals surface area contributed by atoms with E-state index in [9.17, 15) is 4.79 Å². The van der Waals surface area contributed by atoms with E-state index in [0.29, 0.717) is 22.8 Å². The molecule has 1 N–H and O–H groups in total. The van der Waals surface area contributed by atoms with Crippen molar-refractivity contribution in [2.45, 2.75) is 13.5 Å². The molecule has 0 spiro atoms. The standard InChI is InChI=1S/C25H25N3O4/c1-5-28-20-9-7-6-8-18(20)19-12-16(10-11-21(19)28)15-26-27-25(29)17-13-22(30-2)24(32-4)23(14-17)31-3/h6-15H,5H2,1-4H3,(H,27,29)/b26-15-. The number of rotatable bonds is 7. The summed E-state index contributed by atoms with van der Waals surface area (Å²) in [6, 6.07) is 17.7. The van der Waals surface area contributed by atoms with Crippen molar-refractivity contribution >= 4 is 33.9 Å². The Bertz CT molecular complexity index is 1300. The minimum Gasteiger partial charge on any atom is -0.493 e. The summed E-state index contributed by atoms with van der Waals surface area (Å²) in [5.74, 6) is 0.844. The van der Waals surface area contributed by atoms with Crippen molar-refractivity contribution in [1.82, 2.24) is 9.99 Å². The van der Waals surface area contributed by atoms with Crippen LogP contribution in [0.1, 0.15) is 22.8 Å². The molecule has 4 aromatic rings. The van der Waals surface area contributed by atoms with Gasteiger partial charge in [-0.2, -0.15) is 5.10 Å². The zero-order valence-electron chi connectivity index (χ0n) is 18.5. The number of amides is 1. The van der Waals surface area contributed by atoms with Crippen molar-refractivity contribution in [3.8, 4) is 17.2 Å². The number of aromatic nitrogens is 1. The van der Waals surface area contributed by atoms with Crippen molar-refractivity contribution in [3.63, 3.8) is 0 Å². The van der Waals surface area contributed by atoms with E-state index in [1.54, 1.807) is 18.3 Å². The molecule has 0 unspecified atom stereocenters. The number of benzene rings is 3. The van der Waals surface area contributed by atoms with Crippen molar-refractivity contribution in [2.75, 3.05) is 21.3 Å². The smallest absolute Gasteiger partial charge is 0.271 e. The van der Waals surface area contributed by atoms with Crippen LogP contribution in [0, 0.1) is 0 Å². The number of carbonyl (C=O) groups excluding carboxylic acids is 1. The zero-order valence-corrected chi connectivity index (χ0v) is 18.5. The molecule has 0 atom stereocenters. The van der Waals surface area contributed by atoms with Gasteiger partial charge in [-0.15, -0.1) is 0 Å². The summed E-state index contributed by atoms with van der Waals surface area (Å²) in [6.07, 6.45) is 1.63. The number of nitrogens with zero attached hydrogens (tertiary/aromatic N) is 2. The molecule has 1 heterocycles. The van der Waals surface area contributed by atoms with Crippen LogP contribution in [0.25, 0.3) is 21.8 Å². The second-order valence-electron chi connectivity index (χ2n) is 7.15. The fraction of sp³-hybridized carbons (Fsp3) is 0.200. The normalized spacial score (nSPS) is 11.2. The maximum absolute atomic E-state index is 12.6. The molecule has 32 heavy (non-hydrogen) atoms. The van der Waals surface area contributed by atoms with E-state index in [1.807, 2.05) is 12.1 Å². The number of para-hydroxylation sites is 1.